The number of nitrogens with two attached hydrogens (primary N) is 2. The van der Waals surface area contributed by atoms with Gasteiger partial charge in [0.2, 0.25) is 0 Å². The number of thiophene rings is 1. The molecule has 17 heteroatoms. The van der Waals surface area contributed by atoms with E-state index in [0.29, 0.717) is 60.7 Å². The van der Waals surface area contributed by atoms with Crippen LogP contribution in [0.4, 0.5) is 8.78 Å². The molecule has 5 N–H and O–H groups in total. The lowest BCUT2D eigenvalue weighted by atomic mass is 10.2. The molecule has 248 valence electrons. The van der Waals surface area contributed by atoms with Crippen molar-refractivity contribution in [2.45, 2.75) is 23.5 Å². The van der Waals surface area contributed by atoms with E-state index < -0.39 is 35.5 Å². The van der Waals surface area contributed by atoms with Crippen molar-refractivity contribution in [1.82, 2.24) is 4.72 Å². The van der Waals surface area contributed by atoms with Crippen molar-refractivity contribution in [1.29, 1.82) is 10.5 Å². The van der Waals surface area contributed by atoms with E-state index in [1.54, 1.807) is 24.3 Å². The number of hydrogen-bond acceptors (Lipinski definition) is 12. The normalized spacial score (nSPS) is 11.5. The molecule has 0 bridgehead atoms. The fourth-order valence-electron chi connectivity index (χ4n) is 4.00. The minimum absolute atomic E-state index is 0.152. The minimum atomic E-state index is -4.60. The number of rotatable bonds is 17. The van der Waals surface area contributed by atoms with Crippen LogP contribution in [0.15, 0.2) is 58.8 Å². The molecule has 0 radical (unpaired) electrons. The second-order valence-electron chi connectivity index (χ2n) is 9.84. The predicted molar refractivity (Wildman–Crippen MR) is 171 cm³/mol. The summed E-state index contributed by atoms with van der Waals surface area (Å²) in [5.74, 6) is -1.84. The lowest BCUT2D eigenvalue weighted by molar-refractivity contribution is 0.263. The molecular weight excluding hydrogens is 675 g/mol. The van der Waals surface area contributed by atoms with Crippen molar-refractivity contribution >= 4 is 39.0 Å². The van der Waals surface area contributed by atoms with E-state index in [1.165, 1.54) is 6.07 Å². The van der Waals surface area contributed by atoms with Crippen molar-refractivity contribution < 1.29 is 40.3 Å². The number of nitrogens with zero attached hydrogens (tertiary/aromatic N) is 2. The van der Waals surface area contributed by atoms with E-state index in [1.807, 2.05) is 0 Å². The third-order valence-corrected chi connectivity index (χ3v) is 11.1. The summed E-state index contributed by atoms with van der Waals surface area (Å²) in [6.07, 6.45) is 1.09. The van der Waals surface area contributed by atoms with Crippen LogP contribution in [-0.4, -0.2) is 41.0 Å². The molecule has 0 fully saturated rings. The number of sulfonamides is 1. The zero-order chi connectivity index (χ0) is 34.0. The topological polar surface area (TPSA) is 200 Å². The van der Waals surface area contributed by atoms with Crippen LogP contribution in [-0.2, 0) is 14.6 Å². The molecule has 0 aliphatic rings. The highest BCUT2D eigenvalue weighted by molar-refractivity contribution is 7.92. The van der Waals surface area contributed by atoms with Crippen molar-refractivity contribution in [2.24, 2.45) is 11.5 Å². The second kappa shape index (κ2) is 16.0. The van der Waals surface area contributed by atoms with Gasteiger partial charge in [-0.3, -0.25) is 0 Å². The maximum Gasteiger partial charge on any atom is 0.445 e. The number of fused-ring (bicyclic) bond motifs is 1. The average Bonchev–Trinajstić information content (AvgIpc) is 3.46. The fourth-order valence-corrected chi connectivity index (χ4v) is 8.46. The highest BCUT2D eigenvalue weighted by Crippen LogP contribution is 2.48. The minimum Gasteiger partial charge on any atom is -0.490 e. The summed E-state index contributed by atoms with van der Waals surface area (Å²) in [5.41, 5.74) is 10.5. The van der Waals surface area contributed by atoms with Crippen LogP contribution in [0.3, 0.4) is 0 Å². The Labute approximate surface area is 274 Å². The summed E-state index contributed by atoms with van der Waals surface area (Å²) in [6, 6.07) is 14.0. The molecule has 3 aromatic carbocycles. The average molecular weight is 706 g/mol. The number of unbranched alkanes of at least 4 members (excludes halogenated alkanes) is 1. The molecule has 4 rings (SSSR count). The number of ether oxygens (including phenoxy) is 2. The summed E-state index contributed by atoms with van der Waals surface area (Å²) in [5, 5.41) is 18.6. The Kier molecular flexibility index (Phi) is 12.1. The number of nitrogens with one attached hydrogen (secondary N) is 1. The highest BCUT2D eigenvalue weighted by Gasteiger charge is 2.32. The molecule has 0 saturated carbocycles. The molecule has 47 heavy (non-hydrogen) atoms. The van der Waals surface area contributed by atoms with Gasteiger partial charge >= 0.3 is 7.60 Å². The van der Waals surface area contributed by atoms with Crippen LogP contribution in [0.1, 0.15) is 30.4 Å². The molecule has 0 atom stereocenters. The van der Waals surface area contributed by atoms with Crippen molar-refractivity contribution in [3.63, 3.8) is 0 Å². The van der Waals surface area contributed by atoms with E-state index in [4.69, 9.17) is 40.5 Å². The Morgan fingerprint density at radius 1 is 0.809 bits per heavy atom. The standard InChI is InChI=1S/C30H30F2N5O7PS2/c31-25-14-23(6-4-20(25)17-35)43-45(38,44-24-7-5-21(18-36)26(32)15-24)19-37-47(39,40)30-13-22-12-27(42-11-3-9-34)28(16-29(22)46-30)41-10-2-1-8-33/h4-7,12-16,37H,1-3,8-11,19,33-34H2. The van der Waals surface area contributed by atoms with Gasteiger partial charge in [-0.15, -0.1) is 11.3 Å². The van der Waals surface area contributed by atoms with Gasteiger partial charge in [-0.1, -0.05) is 0 Å². The summed E-state index contributed by atoms with van der Waals surface area (Å²) >= 11 is 0.912. The lowest BCUT2D eigenvalue weighted by Gasteiger charge is -2.20. The van der Waals surface area contributed by atoms with E-state index in [2.05, 4.69) is 4.72 Å². The maximum atomic E-state index is 14.3. The first-order chi connectivity index (χ1) is 22.5. The predicted octanol–water partition coefficient (Wildman–Crippen LogP) is 5.36. The largest absolute Gasteiger partial charge is 0.490 e. The second-order valence-corrected chi connectivity index (χ2v) is 14.8. The molecule has 0 saturated heterocycles. The summed E-state index contributed by atoms with van der Waals surface area (Å²) in [7, 11) is -8.95. The summed E-state index contributed by atoms with van der Waals surface area (Å²) in [6.45, 7) is 1.62. The third kappa shape index (κ3) is 9.39. The van der Waals surface area contributed by atoms with Gasteiger partial charge in [0.25, 0.3) is 10.0 Å². The SMILES string of the molecule is N#Cc1ccc(OP(=O)(CNS(=O)(=O)c2cc3cc(OCCCN)c(OCCCCN)cc3s2)Oc2ccc(C#N)c(F)c2)cc1F. The molecule has 1 aromatic heterocycles. The van der Waals surface area contributed by atoms with Crippen molar-refractivity contribution in [3.05, 3.63) is 77.4 Å². The molecule has 0 aliphatic carbocycles. The monoisotopic (exact) mass is 705 g/mol. The quantitative estimate of drug-likeness (QED) is 0.0944. The molecule has 0 amide bonds. The lowest BCUT2D eigenvalue weighted by Crippen LogP contribution is -2.26. The van der Waals surface area contributed by atoms with E-state index in [9.17, 15) is 21.8 Å². The zero-order valence-electron chi connectivity index (χ0n) is 24.8. The van der Waals surface area contributed by atoms with Crippen LogP contribution in [0.5, 0.6) is 23.0 Å². The summed E-state index contributed by atoms with van der Waals surface area (Å²) in [4.78, 5) is 0. The fraction of sp³-hybridized carbons (Fsp3) is 0.267. The van der Waals surface area contributed by atoms with E-state index in [0.717, 1.165) is 54.2 Å². The third-order valence-electron chi connectivity index (χ3n) is 6.35. The van der Waals surface area contributed by atoms with Crippen LogP contribution >= 0.6 is 18.9 Å². The number of nitriles is 2. The first kappa shape index (κ1) is 35.6. The van der Waals surface area contributed by atoms with Crippen LogP contribution in [0.25, 0.3) is 10.1 Å². The molecule has 1 heterocycles. The van der Waals surface area contributed by atoms with Gasteiger partial charge in [0.1, 0.15) is 45.8 Å². The van der Waals surface area contributed by atoms with Gasteiger partial charge in [0.05, 0.1) is 24.3 Å². The van der Waals surface area contributed by atoms with Gasteiger partial charge in [-0.2, -0.15) is 15.2 Å². The van der Waals surface area contributed by atoms with Crippen molar-refractivity contribution in [2.75, 3.05) is 32.6 Å². The number of benzene rings is 3. The molecule has 0 aliphatic heterocycles. The Balaban J connectivity index is 1.62. The number of hydrogen-bond donors (Lipinski definition) is 3. The summed E-state index contributed by atoms with van der Waals surface area (Å²) < 4.78 is 94.5. The molecular formula is C30H30F2N5O7PS2. The highest BCUT2D eigenvalue weighted by atomic mass is 32.2. The van der Waals surface area contributed by atoms with Gasteiger partial charge in [0, 0.05) is 22.9 Å². The van der Waals surface area contributed by atoms with Crippen LogP contribution in [0, 0.1) is 34.3 Å². The van der Waals surface area contributed by atoms with Gasteiger partial charge < -0.3 is 30.0 Å². The molecule has 0 unspecified atom stereocenters. The van der Waals surface area contributed by atoms with Gasteiger partial charge in [-0.25, -0.2) is 21.8 Å². The smallest absolute Gasteiger partial charge is 0.445 e. The van der Waals surface area contributed by atoms with E-state index in [-0.39, 0.29) is 26.8 Å². The number of halogens is 2. The Morgan fingerprint density at radius 2 is 1.36 bits per heavy atom. The van der Waals surface area contributed by atoms with Gasteiger partial charge in [0.15, 0.2) is 11.5 Å². The Hall–Kier alpha value is -4.28. The maximum absolute atomic E-state index is 14.3. The van der Waals surface area contributed by atoms with Crippen molar-refractivity contribution in [3.8, 4) is 35.1 Å². The first-order valence-corrected chi connectivity index (χ1v) is 18.1. The first-order valence-electron chi connectivity index (χ1n) is 14.1. The molecule has 0 spiro atoms. The Morgan fingerprint density at radius 3 is 1.89 bits per heavy atom. The van der Waals surface area contributed by atoms with Crippen LogP contribution in [0.2, 0.25) is 0 Å². The van der Waals surface area contributed by atoms with Crippen LogP contribution < -0.4 is 34.7 Å². The zero-order valence-corrected chi connectivity index (χ0v) is 27.3. The van der Waals surface area contributed by atoms with E-state index >= 15 is 0 Å². The Bertz CT molecular complexity index is 1910. The molecule has 4 aromatic rings. The van der Waals surface area contributed by atoms with Gasteiger partial charge in [-0.05, 0) is 74.1 Å². The molecule has 12 nitrogen and oxygen atoms in total.